The van der Waals surface area contributed by atoms with Crippen LogP contribution in [0.15, 0.2) is 24.4 Å². The van der Waals surface area contributed by atoms with Crippen molar-refractivity contribution in [2.75, 3.05) is 46.0 Å². The first-order valence-corrected chi connectivity index (χ1v) is 10.7. The predicted octanol–water partition coefficient (Wildman–Crippen LogP) is -0.513. The monoisotopic (exact) mass is 420 g/mol. The Labute approximate surface area is 177 Å². The molecular formula is C21H32N4O5. The van der Waals surface area contributed by atoms with Gasteiger partial charge in [0, 0.05) is 31.5 Å². The molecule has 2 saturated heterocycles. The molecule has 3 rings (SSSR count). The summed E-state index contributed by atoms with van der Waals surface area (Å²) in [4.78, 5) is 30.6. The number of pyridine rings is 1. The van der Waals surface area contributed by atoms with Crippen LogP contribution in [0.3, 0.4) is 0 Å². The second-order valence-electron chi connectivity index (χ2n) is 7.76. The van der Waals surface area contributed by atoms with Crippen LogP contribution in [0.5, 0.6) is 0 Å². The molecule has 3 atom stereocenters. The second-order valence-corrected chi connectivity index (χ2v) is 7.76. The predicted molar refractivity (Wildman–Crippen MR) is 110 cm³/mol. The molecule has 2 aliphatic rings. The summed E-state index contributed by atoms with van der Waals surface area (Å²) in [6.45, 7) is 3.51. The van der Waals surface area contributed by atoms with Crippen molar-refractivity contribution >= 4 is 11.8 Å². The molecule has 0 bridgehead atoms. The van der Waals surface area contributed by atoms with Crippen molar-refractivity contribution in [3.05, 3.63) is 30.1 Å². The van der Waals surface area contributed by atoms with Crippen LogP contribution in [-0.4, -0.2) is 91.1 Å². The molecule has 30 heavy (non-hydrogen) atoms. The molecule has 2 fully saturated rings. The van der Waals surface area contributed by atoms with Crippen LogP contribution in [0.1, 0.15) is 25.0 Å². The molecule has 3 N–H and O–H groups in total. The van der Waals surface area contributed by atoms with E-state index in [9.17, 15) is 14.7 Å². The van der Waals surface area contributed by atoms with Gasteiger partial charge in [-0.1, -0.05) is 6.07 Å². The van der Waals surface area contributed by atoms with E-state index < -0.39 is 6.10 Å². The van der Waals surface area contributed by atoms with Gasteiger partial charge in [0.25, 0.3) is 0 Å². The Kier molecular flexibility index (Phi) is 9.00. The maximum Gasteiger partial charge on any atom is 0.234 e. The summed E-state index contributed by atoms with van der Waals surface area (Å²) in [6, 6.07) is 5.30. The normalized spacial score (nSPS) is 24.9. The van der Waals surface area contributed by atoms with Crippen LogP contribution < -0.4 is 10.6 Å². The van der Waals surface area contributed by atoms with E-state index in [-0.39, 0.29) is 37.0 Å². The molecule has 0 aromatic carbocycles. The van der Waals surface area contributed by atoms with E-state index in [1.807, 2.05) is 18.2 Å². The fraction of sp³-hybridized carbons (Fsp3) is 0.667. The molecule has 0 saturated carbocycles. The van der Waals surface area contributed by atoms with Gasteiger partial charge < -0.3 is 25.2 Å². The van der Waals surface area contributed by atoms with E-state index in [0.717, 1.165) is 31.6 Å². The SMILES string of the molecule is O=C(Cc1ccccn1)NCC[C@@H]1CC[C@H](NC(=O)CN2CCOCC2)[C@H](CO)O1. The first-order chi connectivity index (χ1) is 14.6. The molecule has 0 radical (unpaired) electrons. The lowest BCUT2D eigenvalue weighted by atomic mass is 9.97. The third kappa shape index (κ3) is 7.32. The molecule has 2 aliphatic heterocycles. The van der Waals surface area contributed by atoms with E-state index in [2.05, 4.69) is 20.5 Å². The molecule has 2 amide bonds. The number of rotatable bonds is 9. The highest BCUT2D eigenvalue weighted by Gasteiger charge is 2.32. The summed E-state index contributed by atoms with van der Waals surface area (Å²) in [5.41, 5.74) is 0.736. The maximum absolute atomic E-state index is 12.3. The van der Waals surface area contributed by atoms with Gasteiger partial charge in [-0.3, -0.25) is 19.5 Å². The van der Waals surface area contributed by atoms with E-state index >= 15 is 0 Å². The average molecular weight is 421 g/mol. The highest BCUT2D eigenvalue weighted by atomic mass is 16.5. The van der Waals surface area contributed by atoms with Gasteiger partial charge in [0.05, 0.1) is 44.9 Å². The molecule has 9 nitrogen and oxygen atoms in total. The van der Waals surface area contributed by atoms with Gasteiger partial charge in [-0.15, -0.1) is 0 Å². The number of aromatic nitrogens is 1. The lowest BCUT2D eigenvalue weighted by molar-refractivity contribution is -0.130. The fourth-order valence-electron chi connectivity index (χ4n) is 3.83. The van der Waals surface area contributed by atoms with Crippen molar-refractivity contribution in [2.24, 2.45) is 0 Å². The number of aliphatic hydroxyl groups excluding tert-OH is 1. The molecular weight excluding hydrogens is 388 g/mol. The topological polar surface area (TPSA) is 113 Å². The van der Waals surface area contributed by atoms with Crippen LogP contribution in [0, 0.1) is 0 Å². The smallest absolute Gasteiger partial charge is 0.234 e. The Morgan fingerprint density at radius 1 is 1.20 bits per heavy atom. The van der Waals surface area contributed by atoms with Crippen LogP contribution in [0.25, 0.3) is 0 Å². The highest BCUT2D eigenvalue weighted by molar-refractivity contribution is 5.78. The summed E-state index contributed by atoms with van der Waals surface area (Å²) < 4.78 is 11.3. The molecule has 1 aromatic heterocycles. The summed E-state index contributed by atoms with van der Waals surface area (Å²) in [5.74, 6) is -0.124. The van der Waals surface area contributed by atoms with Crippen LogP contribution in [0.2, 0.25) is 0 Å². The van der Waals surface area contributed by atoms with Crippen molar-refractivity contribution in [2.45, 2.75) is 43.9 Å². The number of ether oxygens (including phenoxy) is 2. The lowest BCUT2D eigenvalue weighted by Crippen LogP contribution is -2.53. The van der Waals surface area contributed by atoms with Crippen LogP contribution >= 0.6 is 0 Å². The number of hydrogen-bond acceptors (Lipinski definition) is 7. The highest BCUT2D eigenvalue weighted by Crippen LogP contribution is 2.21. The number of morpholine rings is 1. The lowest BCUT2D eigenvalue weighted by Gasteiger charge is -2.36. The number of hydrogen-bond donors (Lipinski definition) is 3. The fourth-order valence-corrected chi connectivity index (χ4v) is 3.83. The number of nitrogens with one attached hydrogen (secondary N) is 2. The molecule has 1 aromatic rings. The van der Waals surface area contributed by atoms with Crippen molar-refractivity contribution in [3.63, 3.8) is 0 Å². The van der Waals surface area contributed by atoms with Gasteiger partial charge >= 0.3 is 0 Å². The summed E-state index contributed by atoms with van der Waals surface area (Å²) >= 11 is 0. The van der Waals surface area contributed by atoms with E-state index in [1.54, 1.807) is 6.20 Å². The number of carbonyl (C=O) groups is 2. The van der Waals surface area contributed by atoms with Crippen molar-refractivity contribution in [3.8, 4) is 0 Å². The zero-order valence-electron chi connectivity index (χ0n) is 17.3. The second kappa shape index (κ2) is 11.9. The van der Waals surface area contributed by atoms with E-state index in [4.69, 9.17) is 9.47 Å². The van der Waals surface area contributed by atoms with E-state index in [0.29, 0.717) is 32.7 Å². The molecule has 0 aliphatic carbocycles. The van der Waals surface area contributed by atoms with Crippen LogP contribution in [-0.2, 0) is 25.5 Å². The Balaban J connectivity index is 1.35. The number of amides is 2. The Hall–Kier alpha value is -2.07. The first-order valence-electron chi connectivity index (χ1n) is 10.7. The molecule has 9 heteroatoms. The minimum atomic E-state index is -0.429. The molecule has 0 unspecified atom stereocenters. The third-order valence-corrected chi connectivity index (χ3v) is 5.47. The first kappa shape index (κ1) is 22.6. The Morgan fingerprint density at radius 2 is 2.03 bits per heavy atom. The Morgan fingerprint density at radius 3 is 2.77 bits per heavy atom. The van der Waals surface area contributed by atoms with Crippen molar-refractivity contribution < 1.29 is 24.2 Å². The van der Waals surface area contributed by atoms with Crippen molar-refractivity contribution in [1.82, 2.24) is 20.5 Å². The van der Waals surface area contributed by atoms with Gasteiger partial charge in [-0.2, -0.15) is 0 Å². The Bertz CT molecular complexity index is 669. The zero-order valence-corrected chi connectivity index (χ0v) is 17.3. The average Bonchev–Trinajstić information content (AvgIpc) is 2.76. The van der Waals surface area contributed by atoms with Crippen molar-refractivity contribution in [1.29, 1.82) is 0 Å². The van der Waals surface area contributed by atoms with Gasteiger partial charge in [0.1, 0.15) is 6.10 Å². The minimum absolute atomic E-state index is 0.0512. The number of aliphatic hydroxyl groups is 1. The van der Waals surface area contributed by atoms with Gasteiger partial charge in [-0.25, -0.2) is 0 Å². The standard InChI is InChI=1S/C21H32N4O5/c26-15-19-18(24-21(28)14-25-9-11-29-12-10-25)5-4-17(30-19)6-8-23-20(27)13-16-3-1-2-7-22-16/h1-3,7,17-19,26H,4-6,8-15H2,(H,23,27)(H,24,28)/t17-,18-,19-/m0/s1. The summed E-state index contributed by atoms with van der Waals surface area (Å²) in [7, 11) is 0. The molecule has 166 valence electrons. The molecule has 3 heterocycles. The third-order valence-electron chi connectivity index (χ3n) is 5.47. The number of nitrogens with zero attached hydrogens (tertiary/aromatic N) is 2. The zero-order chi connectivity index (χ0) is 21.2. The summed E-state index contributed by atoms with van der Waals surface area (Å²) in [6.07, 6.45) is 3.62. The quantitative estimate of drug-likeness (QED) is 0.493. The van der Waals surface area contributed by atoms with E-state index in [1.165, 1.54) is 0 Å². The largest absolute Gasteiger partial charge is 0.394 e. The van der Waals surface area contributed by atoms with Gasteiger partial charge in [0.15, 0.2) is 0 Å². The maximum atomic E-state index is 12.3. The van der Waals surface area contributed by atoms with Gasteiger partial charge in [0.2, 0.25) is 11.8 Å². The number of carbonyl (C=O) groups excluding carboxylic acids is 2. The molecule has 0 spiro atoms. The van der Waals surface area contributed by atoms with Gasteiger partial charge in [-0.05, 0) is 31.4 Å². The summed E-state index contributed by atoms with van der Waals surface area (Å²) in [5, 5.41) is 15.6. The minimum Gasteiger partial charge on any atom is -0.394 e. The van der Waals surface area contributed by atoms with Crippen LogP contribution in [0.4, 0.5) is 0 Å².